The van der Waals surface area contributed by atoms with E-state index in [1.807, 2.05) is 4.90 Å². The molecule has 1 fully saturated rings. The van der Waals surface area contributed by atoms with E-state index in [1.165, 1.54) is 31.3 Å². The maximum absolute atomic E-state index is 15.5. The van der Waals surface area contributed by atoms with Crippen LogP contribution in [0.25, 0.3) is 0 Å². The molecule has 1 unspecified atom stereocenters. The molecule has 3 rings (SSSR count). The van der Waals surface area contributed by atoms with Gasteiger partial charge in [-0.15, -0.1) is 0 Å². The van der Waals surface area contributed by atoms with Crippen LogP contribution in [0.3, 0.4) is 0 Å². The highest BCUT2D eigenvalue weighted by Gasteiger charge is 2.28. The average Bonchev–Trinajstić information content (AvgIpc) is 2.97. The van der Waals surface area contributed by atoms with Crippen molar-refractivity contribution in [2.24, 2.45) is 0 Å². The standard InChI is InChI=1S/C31H45ClFN5O6S2/c1-7-8-9-10-11-20-46(34,43)26-15-13-24(28(33)27(26)32)35-29(39)23-21-22(12-14-25(23)36(5)45(6,41)42)37-16-18-38(19-17-37)30(40)44-31(2,3)4/h12-15,21,34H,7-11,16-20H2,1-6H3,(H,35,39). The monoisotopic (exact) mass is 701 g/mol. The Kier molecular flexibility index (Phi) is 12.3. The van der Waals surface area contributed by atoms with E-state index in [0.29, 0.717) is 38.3 Å². The minimum Gasteiger partial charge on any atom is -0.444 e. The van der Waals surface area contributed by atoms with E-state index < -0.39 is 48.2 Å². The maximum atomic E-state index is 15.5. The van der Waals surface area contributed by atoms with E-state index in [1.54, 1.807) is 31.7 Å². The molecule has 256 valence electrons. The molecule has 0 aromatic heterocycles. The van der Waals surface area contributed by atoms with Crippen LogP contribution >= 0.6 is 11.6 Å². The number of unbranched alkanes of at least 4 members (excludes halogenated alkanes) is 4. The Bertz CT molecular complexity index is 1640. The third-order valence-electron chi connectivity index (χ3n) is 7.54. The van der Waals surface area contributed by atoms with Crippen molar-refractivity contribution in [1.29, 1.82) is 4.78 Å². The van der Waals surface area contributed by atoms with Gasteiger partial charge in [0.2, 0.25) is 10.0 Å². The zero-order chi connectivity index (χ0) is 34.4. The first-order chi connectivity index (χ1) is 21.4. The second-order valence-electron chi connectivity index (χ2n) is 12.4. The summed E-state index contributed by atoms with van der Waals surface area (Å²) in [6.07, 6.45) is 4.97. The first-order valence-electron chi connectivity index (χ1n) is 15.2. The molecule has 0 bridgehead atoms. The van der Waals surface area contributed by atoms with Gasteiger partial charge in [-0.2, -0.15) is 0 Å². The highest BCUT2D eigenvalue weighted by atomic mass is 35.5. The number of carbonyl (C=O) groups excluding carboxylic acids is 2. The number of halogens is 2. The summed E-state index contributed by atoms with van der Waals surface area (Å²) in [5.74, 6) is -1.79. The normalized spacial score (nSPS) is 15.3. The largest absolute Gasteiger partial charge is 0.444 e. The van der Waals surface area contributed by atoms with Gasteiger partial charge in [-0.1, -0.05) is 44.2 Å². The number of sulfonamides is 1. The highest BCUT2D eigenvalue weighted by Crippen LogP contribution is 2.33. The Balaban J connectivity index is 1.86. The molecule has 0 aliphatic carbocycles. The van der Waals surface area contributed by atoms with Crippen LogP contribution in [0, 0.1) is 10.6 Å². The summed E-state index contributed by atoms with van der Waals surface area (Å²) in [7, 11) is -5.83. The number of carbonyl (C=O) groups is 2. The summed E-state index contributed by atoms with van der Waals surface area (Å²) in [5, 5.41) is 1.97. The topological polar surface area (TPSA) is 140 Å². The van der Waals surface area contributed by atoms with E-state index in [4.69, 9.17) is 21.1 Å². The van der Waals surface area contributed by atoms with Crippen molar-refractivity contribution in [2.75, 3.05) is 59.8 Å². The molecule has 1 heterocycles. The summed E-state index contributed by atoms with van der Waals surface area (Å²) in [5.41, 5.74) is -0.314. The van der Waals surface area contributed by atoms with Crippen LogP contribution in [0.15, 0.2) is 35.2 Å². The molecule has 0 spiro atoms. The van der Waals surface area contributed by atoms with Gasteiger partial charge in [0, 0.05) is 44.7 Å². The number of benzene rings is 2. The molecule has 1 saturated heterocycles. The lowest BCUT2D eigenvalue weighted by molar-refractivity contribution is 0.0240. The van der Waals surface area contributed by atoms with Crippen molar-refractivity contribution in [1.82, 2.24) is 4.90 Å². The van der Waals surface area contributed by atoms with Gasteiger partial charge in [0.1, 0.15) is 5.60 Å². The molecule has 1 aliphatic heterocycles. The van der Waals surface area contributed by atoms with Crippen molar-refractivity contribution in [3.63, 3.8) is 0 Å². The van der Waals surface area contributed by atoms with Gasteiger partial charge < -0.3 is 19.9 Å². The van der Waals surface area contributed by atoms with Gasteiger partial charge in [0.25, 0.3) is 5.91 Å². The minimum absolute atomic E-state index is 0.0432. The van der Waals surface area contributed by atoms with Gasteiger partial charge in [-0.25, -0.2) is 26.6 Å². The average molecular weight is 702 g/mol. The molecule has 2 amide bonds. The summed E-state index contributed by atoms with van der Waals surface area (Å²) < 4.78 is 68.2. The number of amides is 2. The Morgan fingerprint density at radius 3 is 2.26 bits per heavy atom. The van der Waals surface area contributed by atoms with Crippen LogP contribution in [0.5, 0.6) is 0 Å². The molecule has 0 radical (unpaired) electrons. The first-order valence-corrected chi connectivity index (χ1v) is 19.2. The molecule has 46 heavy (non-hydrogen) atoms. The molecule has 2 aromatic carbocycles. The van der Waals surface area contributed by atoms with Crippen molar-refractivity contribution in [2.45, 2.75) is 70.3 Å². The zero-order valence-corrected chi connectivity index (χ0v) is 29.7. The molecular formula is C31H45ClFN5O6S2. The number of nitrogens with zero attached hydrogens (tertiary/aromatic N) is 3. The highest BCUT2D eigenvalue weighted by molar-refractivity contribution is 7.92. The van der Waals surface area contributed by atoms with Gasteiger partial charge in [0.05, 0.1) is 42.8 Å². The molecule has 2 N–H and O–H groups in total. The lowest BCUT2D eigenvalue weighted by Crippen LogP contribution is -2.50. The van der Waals surface area contributed by atoms with Gasteiger partial charge >= 0.3 is 6.09 Å². The Morgan fingerprint density at radius 1 is 1.04 bits per heavy atom. The summed E-state index contributed by atoms with van der Waals surface area (Å²) in [6, 6.07) is 7.18. The minimum atomic E-state index is -3.77. The lowest BCUT2D eigenvalue weighted by atomic mass is 10.1. The summed E-state index contributed by atoms with van der Waals surface area (Å²) >= 11 is 6.26. The van der Waals surface area contributed by atoms with Crippen LogP contribution in [-0.2, 0) is 24.5 Å². The molecule has 1 atom stereocenters. The van der Waals surface area contributed by atoms with E-state index >= 15 is 4.39 Å². The fourth-order valence-corrected chi connectivity index (χ4v) is 7.47. The summed E-state index contributed by atoms with van der Waals surface area (Å²) in [4.78, 5) is 29.5. The smallest absolute Gasteiger partial charge is 0.410 e. The second-order valence-corrected chi connectivity index (χ2v) is 17.0. The van der Waals surface area contributed by atoms with Gasteiger partial charge in [0.15, 0.2) is 5.82 Å². The Labute approximate surface area is 277 Å². The number of hydrogen-bond donors (Lipinski definition) is 2. The van der Waals surface area contributed by atoms with Crippen molar-refractivity contribution in [3.05, 3.63) is 46.7 Å². The van der Waals surface area contributed by atoms with Crippen LogP contribution in [0.2, 0.25) is 5.02 Å². The number of hydrogen-bond acceptors (Lipinski definition) is 8. The quantitative estimate of drug-likeness (QED) is 0.239. The predicted molar refractivity (Wildman–Crippen MR) is 182 cm³/mol. The number of rotatable bonds is 12. The van der Waals surface area contributed by atoms with Crippen molar-refractivity contribution in [3.8, 4) is 0 Å². The van der Waals surface area contributed by atoms with E-state index in [2.05, 4.69) is 12.2 Å². The Morgan fingerprint density at radius 2 is 1.67 bits per heavy atom. The van der Waals surface area contributed by atoms with Gasteiger partial charge in [-0.05, 0) is 57.5 Å². The van der Waals surface area contributed by atoms with E-state index in [-0.39, 0.29) is 27.6 Å². The Hall–Kier alpha value is -3.10. The number of anilines is 3. The van der Waals surface area contributed by atoms with Crippen LogP contribution in [0.4, 0.5) is 26.2 Å². The fourth-order valence-electron chi connectivity index (χ4n) is 4.92. The molecule has 11 nitrogen and oxygen atoms in total. The molecule has 1 aliphatic rings. The van der Waals surface area contributed by atoms with E-state index in [9.17, 15) is 22.2 Å². The predicted octanol–water partition coefficient (Wildman–Crippen LogP) is 6.56. The van der Waals surface area contributed by atoms with E-state index in [0.717, 1.165) is 36.2 Å². The summed E-state index contributed by atoms with van der Waals surface area (Å²) in [6.45, 7) is 9.05. The molecule has 2 aromatic rings. The van der Waals surface area contributed by atoms with Crippen LogP contribution in [-0.4, -0.2) is 80.4 Å². The van der Waals surface area contributed by atoms with Crippen LogP contribution in [0.1, 0.15) is 70.2 Å². The second kappa shape index (κ2) is 15.2. The van der Waals surface area contributed by atoms with Crippen LogP contribution < -0.4 is 14.5 Å². The number of nitrogens with one attached hydrogen (secondary N) is 2. The molecule has 15 heteroatoms. The fraction of sp³-hybridized carbons (Fsp3) is 0.548. The maximum Gasteiger partial charge on any atom is 0.410 e. The lowest BCUT2D eigenvalue weighted by Gasteiger charge is -2.37. The van der Waals surface area contributed by atoms with Crippen molar-refractivity contribution >= 4 is 60.4 Å². The number of ether oxygens (including phenoxy) is 1. The molecule has 0 saturated carbocycles. The van der Waals surface area contributed by atoms with Crippen molar-refractivity contribution < 1.29 is 31.3 Å². The van der Waals surface area contributed by atoms with Gasteiger partial charge in [-0.3, -0.25) is 9.10 Å². The third kappa shape index (κ3) is 9.71. The SMILES string of the molecule is CCCCCCCS(=N)(=O)c1ccc(NC(=O)c2cc(N3CCN(C(=O)OC(C)(C)C)CC3)ccc2N(C)S(C)(=O)=O)c(F)c1Cl. The number of piperazine rings is 1. The molecular weight excluding hydrogens is 657 g/mol. The third-order valence-corrected chi connectivity index (χ3v) is 11.1. The zero-order valence-electron chi connectivity index (χ0n) is 27.3. The first kappa shape index (κ1) is 37.4.